The van der Waals surface area contributed by atoms with Gasteiger partial charge >= 0.3 is 5.97 Å². The van der Waals surface area contributed by atoms with Gasteiger partial charge in [-0.25, -0.2) is 17.2 Å². The Balaban J connectivity index is 2.56. The summed E-state index contributed by atoms with van der Waals surface area (Å²) >= 11 is 0. The van der Waals surface area contributed by atoms with E-state index in [-0.39, 0.29) is 5.56 Å². The molecule has 23 heavy (non-hydrogen) atoms. The summed E-state index contributed by atoms with van der Waals surface area (Å²) in [6, 6.07) is 8.54. The molecular weight excluding hydrogens is 328 g/mol. The number of rotatable bonds is 5. The van der Waals surface area contributed by atoms with Gasteiger partial charge in [0, 0.05) is 7.05 Å². The molecule has 0 aliphatic carbocycles. The van der Waals surface area contributed by atoms with Crippen LogP contribution in [0.4, 0.5) is 8.78 Å². The smallest absolute Gasteiger partial charge is 0.326 e. The Morgan fingerprint density at radius 2 is 1.57 bits per heavy atom. The van der Waals surface area contributed by atoms with Crippen molar-refractivity contribution in [2.24, 2.45) is 0 Å². The van der Waals surface area contributed by atoms with Gasteiger partial charge in [0.2, 0.25) is 10.0 Å². The molecule has 0 saturated heterocycles. The van der Waals surface area contributed by atoms with E-state index in [1.54, 1.807) is 6.07 Å². The van der Waals surface area contributed by atoms with Gasteiger partial charge in [-0.15, -0.1) is 0 Å². The van der Waals surface area contributed by atoms with E-state index < -0.39 is 38.6 Å². The molecule has 2 rings (SSSR count). The summed E-state index contributed by atoms with van der Waals surface area (Å²) in [4.78, 5) is 10.3. The molecule has 0 amide bonds. The average molecular weight is 341 g/mol. The molecule has 2 aromatic rings. The van der Waals surface area contributed by atoms with Gasteiger partial charge in [-0.2, -0.15) is 4.31 Å². The van der Waals surface area contributed by atoms with Crippen LogP contribution in [0, 0.1) is 11.6 Å². The van der Waals surface area contributed by atoms with Crippen molar-refractivity contribution < 1.29 is 27.1 Å². The number of carboxylic acids is 1. The van der Waals surface area contributed by atoms with Crippen molar-refractivity contribution in [3.05, 3.63) is 65.7 Å². The Labute approximate surface area is 131 Å². The lowest BCUT2D eigenvalue weighted by Gasteiger charge is -2.24. The third-order valence-corrected chi connectivity index (χ3v) is 5.14. The van der Waals surface area contributed by atoms with Gasteiger partial charge < -0.3 is 5.11 Å². The maximum Gasteiger partial charge on any atom is 0.326 e. The standard InChI is InChI=1S/C15H13F2NO4S/c1-18(13(15(19)20)10-6-3-2-4-7-10)23(21,22)14-11(16)8-5-9-12(14)17/h2-9,13H,1H3,(H,19,20). The Bertz CT molecular complexity index is 804. The van der Waals surface area contributed by atoms with Crippen molar-refractivity contribution in [1.82, 2.24) is 4.31 Å². The summed E-state index contributed by atoms with van der Waals surface area (Å²) < 4.78 is 52.9. The molecule has 2 aromatic carbocycles. The zero-order valence-corrected chi connectivity index (χ0v) is 12.8. The number of hydrogen-bond acceptors (Lipinski definition) is 3. The SMILES string of the molecule is CN(C(C(=O)O)c1ccccc1)S(=O)(=O)c1c(F)cccc1F. The molecule has 5 nitrogen and oxygen atoms in total. The van der Waals surface area contributed by atoms with E-state index in [9.17, 15) is 27.1 Å². The monoisotopic (exact) mass is 341 g/mol. The number of likely N-dealkylation sites (N-methyl/N-ethyl adjacent to an activating group) is 1. The summed E-state index contributed by atoms with van der Waals surface area (Å²) in [6.07, 6.45) is 0. The van der Waals surface area contributed by atoms with Crippen LogP contribution in [-0.4, -0.2) is 30.8 Å². The van der Waals surface area contributed by atoms with Gasteiger partial charge in [-0.1, -0.05) is 36.4 Å². The summed E-state index contributed by atoms with van der Waals surface area (Å²) in [6.45, 7) is 0. The number of benzene rings is 2. The maximum absolute atomic E-state index is 13.8. The zero-order valence-electron chi connectivity index (χ0n) is 12.0. The van der Waals surface area contributed by atoms with Crippen molar-refractivity contribution in [2.75, 3.05) is 7.05 Å². The largest absolute Gasteiger partial charge is 0.480 e. The Morgan fingerprint density at radius 3 is 2.04 bits per heavy atom. The fraction of sp³-hybridized carbons (Fsp3) is 0.133. The number of nitrogens with zero attached hydrogens (tertiary/aromatic N) is 1. The summed E-state index contributed by atoms with van der Waals surface area (Å²) in [5.74, 6) is -4.03. The predicted molar refractivity (Wildman–Crippen MR) is 78.1 cm³/mol. The molecule has 0 radical (unpaired) electrons. The molecule has 1 N–H and O–H groups in total. The van der Waals surface area contributed by atoms with E-state index in [1.807, 2.05) is 0 Å². The third kappa shape index (κ3) is 3.22. The minimum atomic E-state index is -4.69. The molecule has 0 aromatic heterocycles. The van der Waals surface area contributed by atoms with Gasteiger partial charge in [0.1, 0.15) is 17.7 Å². The fourth-order valence-corrected chi connectivity index (χ4v) is 3.56. The van der Waals surface area contributed by atoms with Gasteiger partial charge in [0.05, 0.1) is 0 Å². The fourth-order valence-electron chi connectivity index (χ4n) is 2.16. The normalized spacial score (nSPS) is 13.0. The molecule has 0 heterocycles. The second-order valence-corrected chi connectivity index (χ2v) is 6.66. The van der Waals surface area contributed by atoms with E-state index in [0.29, 0.717) is 4.31 Å². The van der Waals surface area contributed by atoms with Crippen LogP contribution < -0.4 is 0 Å². The van der Waals surface area contributed by atoms with E-state index in [4.69, 9.17) is 0 Å². The first-order valence-electron chi connectivity index (χ1n) is 6.46. The van der Waals surface area contributed by atoms with E-state index in [2.05, 4.69) is 0 Å². The molecule has 1 atom stereocenters. The van der Waals surface area contributed by atoms with Gasteiger partial charge in [0.15, 0.2) is 4.90 Å². The highest BCUT2D eigenvalue weighted by atomic mass is 32.2. The molecule has 0 fully saturated rings. The van der Waals surface area contributed by atoms with Crippen LogP contribution >= 0.6 is 0 Å². The quantitative estimate of drug-likeness (QED) is 0.906. The molecule has 1 unspecified atom stereocenters. The predicted octanol–water partition coefficient (Wildman–Crippen LogP) is 2.41. The van der Waals surface area contributed by atoms with Crippen molar-refractivity contribution in [3.63, 3.8) is 0 Å². The van der Waals surface area contributed by atoms with Crippen LogP contribution in [0.3, 0.4) is 0 Å². The summed E-state index contributed by atoms with van der Waals surface area (Å²) in [7, 11) is -3.72. The number of carbonyl (C=O) groups is 1. The Kier molecular flexibility index (Phi) is 4.76. The van der Waals surface area contributed by atoms with Crippen LogP contribution in [-0.2, 0) is 14.8 Å². The summed E-state index contributed by atoms with van der Waals surface area (Å²) in [5, 5.41) is 9.35. The van der Waals surface area contributed by atoms with Gasteiger partial charge in [-0.3, -0.25) is 4.79 Å². The molecule has 0 aliphatic heterocycles. The number of aliphatic carboxylic acids is 1. The number of sulfonamides is 1. The zero-order chi connectivity index (χ0) is 17.2. The first-order chi connectivity index (χ1) is 10.8. The topological polar surface area (TPSA) is 74.7 Å². The van der Waals surface area contributed by atoms with Gasteiger partial charge in [-0.05, 0) is 17.7 Å². The van der Waals surface area contributed by atoms with E-state index in [0.717, 1.165) is 25.2 Å². The Hall–Kier alpha value is -2.32. The van der Waals surface area contributed by atoms with Crippen molar-refractivity contribution in [2.45, 2.75) is 10.9 Å². The van der Waals surface area contributed by atoms with Crippen LogP contribution in [0.2, 0.25) is 0 Å². The second-order valence-electron chi connectivity index (χ2n) is 4.72. The van der Waals surface area contributed by atoms with E-state index in [1.165, 1.54) is 24.3 Å². The lowest BCUT2D eigenvalue weighted by atomic mass is 10.1. The molecule has 122 valence electrons. The van der Waals surface area contributed by atoms with E-state index >= 15 is 0 Å². The second kappa shape index (κ2) is 6.43. The van der Waals surface area contributed by atoms with Crippen LogP contribution in [0.5, 0.6) is 0 Å². The lowest BCUT2D eigenvalue weighted by Crippen LogP contribution is -2.36. The van der Waals surface area contributed by atoms with Crippen LogP contribution in [0.1, 0.15) is 11.6 Å². The average Bonchev–Trinajstić information content (AvgIpc) is 2.47. The first-order valence-corrected chi connectivity index (χ1v) is 7.90. The van der Waals surface area contributed by atoms with Crippen LogP contribution in [0.15, 0.2) is 53.4 Å². The first kappa shape index (κ1) is 17.0. The molecule has 8 heteroatoms. The number of hydrogen-bond donors (Lipinski definition) is 1. The highest BCUT2D eigenvalue weighted by molar-refractivity contribution is 7.89. The number of carboxylic acid groups (broad SMARTS) is 1. The molecular formula is C15H13F2NO4S. The van der Waals surface area contributed by atoms with Crippen molar-refractivity contribution in [1.29, 1.82) is 0 Å². The maximum atomic E-state index is 13.8. The van der Waals surface area contributed by atoms with Gasteiger partial charge in [0.25, 0.3) is 0 Å². The molecule has 0 aliphatic rings. The minimum absolute atomic E-state index is 0.169. The Morgan fingerprint density at radius 1 is 1.04 bits per heavy atom. The highest BCUT2D eigenvalue weighted by Gasteiger charge is 2.37. The number of halogens is 2. The molecule has 0 bridgehead atoms. The summed E-state index contributed by atoms with van der Waals surface area (Å²) in [5.41, 5.74) is 0.169. The third-order valence-electron chi connectivity index (χ3n) is 3.27. The lowest BCUT2D eigenvalue weighted by molar-refractivity contribution is -0.141. The minimum Gasteiger partial charge on any atom is -0.480 e. The molecule has 0 saturated carbocycles. The van der Waals surface area contributed by atoms with Crippen LogP contribution in [0.25, 0.3) is 0 Å². The highest BCUT2D eigenvalue weighted by Crippen LogP contribution is 2.29. The van der Waals surface area contributed by atoms with Crippen molar-refractivity contribution in [3.8, 4) is 0 Å². The molecule has 0 spiro atoms. The van der Waals surface area contributed by atoms with Crippen molar-refractivity contribution >= 4 is 16.0 Å².